The van der Waals surface area contributed by atoms with Crippen LogP contribution in [0.25, 0.3) is 0 Å². The smallest absolute Gasteiger partial charge is 0.309 e. The van der Waals surface area contributed by atoms with E-state index in [1.165, 1.54) is 4.31 Å². The summed E-state index contributed by atoms with van der Waals surface area (Å²) in [7, 11) is -3.53. The maximum atomic E-state index is 12.6. The topological polar surface area (TPSA) is 84.0 Å². The van der Waals surface area contributed by atoms with Gasteiger partial charge in [-0.3, -0.25) is 9.59 Å². The molecule has 8 heteroatoms. The highest BCUT2D eigenvalue weighted by atomic mass is 32.2. The highest BCUT2D eigenvalue weighted by molar-refractivity contribution is 7.89. The summed E-state index contributed by atoms with van der Waals surface area (Å²) < 4.78 is 31.8. The number of sulfonamides is 1. The first kappa shape index (κ1) is 19.8. The Bertz CT molecular complexity index is 752. The zero-order chi connectivity index (χ0) is 19.3. The SMILES string of the molecule is O=C(OCC(=O)N1CCCCC1)C1CCN(S(=O)(=O)c2ccccc2)CC1. The summed E-state index contributed by atoms with van der Waals surface area (Å²) in [6, 6.07) is 8.29. The third-order valence-corrected chi connectivity index (χ3v) is 7.13. The highest BCUT2D eigenvalue weighted by Crippen LogP contribution is 2.24. The van der Waals surface area contributed by atoms with Gasteiger partial charge in [-0.25, -0.2) is 8.42 Å². The number of hydrogen-bond donors (Lipinski definition) is 0. The van der Waals surface area contributed by atoms with Gasteiger partial charge in [0.05, 0.1) is 10.8 Å². The van der Waals surface area contributed by atoms with Crippen LogP contribution in [0.15, 0.2) is 35.2 Å². The number of rotatable bonds is 5. The van der Waals surface area contributed by atoms with E-state index in [0.29, 0.717) is 12.8 Å². The van der Waals surface area contributed by atoms with Crippen LogP contribution in [0.4, 0.5) is 0 Å². The van der Waals surface area contributed by atoms with Gasteiger partial charge in [-0.05, 0) is 44.2 Å². The molecule has 0 aromatic heterocycles. The number of ether oxygens (including phenoxy) is 1. The fourth-order valence-electron chi connectivity index (χ4n) is 3.56. The number of piperidine rings is 2. The predicted molar refractivity (Wildman–Crippen MR) is 99.3 cm³/mol. The van der Waals surface area contributed by atoms with Crippen molar-refractivity contribution >= 4 is 21.9 Å². The van der Waals surface area contributed by atoms with Gasteiger partial charge in [0.15, 0.2) is 6.61 Å². The molecule has 2 saturated heterocycles. The molecular weight excluding hydrogens is 368 g/mol. The van der Waals surface area contributed by atoms with Gasteiger partial charge in [0.25, 0.3) is 5.91 Å². The van der Waals surface area contributed by atoms with Crippen molar-refractivity contribution in [3.05, 3.63) is 30.3 Å². The van der Waals surface area contributed by atoms with E-state index >= 15 is 0 Å². The molecule has 27 heavy (non-hydrogen) atoms. The standard InChI is InChI=1S/C19H26N2O5S/c22-18(20-11-5-2-6-12-20)15-26-19(23)16-9-13-21(14-10-16)27(24,25)17-7-3-1-4-8-17/h1,3-4,7-8,16H,2,5-6,9-15H2. The van der Waals surface area contributed by atoms with E-state index in [-0.39, 0.29) is 36.4 Å². The number of likely N-dealkylation sites (tertiary alicyclic amines) is 1. The molecule has 0 unspecified atom stereocenters. The Kier molecular flexibility index (Phi) is 6.49. The van der Waals surface area contributed by atoms with Crippen LogP contribution in [0.2, 0.25) is 0 Å². The molecule has 2 fully saturated rings. The number of hydrogen-bond acceptors (Lipinski definition) is 5. The zero-order valence-corrected chi connectivity index (χ0v) is 16.2. The Morgan fingerprint density at radius 1 is 0.963 bits per heavy atom. The average molecular weight is 394 g/mol. The summed E-state index contributed by atoms with van der Waals surface area (Å²) in [4.78, 5) is 26.3. The lowest BCUT2D eigenvalue weighted by Crippen LogP contribution is -2.42. The minimum atomic E-state index is -3.53. The van der Waals surface area contributed by atoms with Gasteiger partial charge in [-0.1, -0.05) is 18.2 Å². The molecule has 0 atom stereocenters. The van der Waals surface area contributed by atoms with Crippen LogP contribution in [0.3, 0.4) is 0 Å². The molecule has 0 bridgehead atoms. The van der Waals surface area contributed by atoms with Crippen molar-refractivity contribution in [3.8, 4) is 0 Å². The minimum Gasteiger partial charge on any atom is -0.455 e. The van der Waals surface area contributed by atoms with E-state index < -0.39 is 16.0 Å². The fourth-order valence-corrected chi connectivity index (χ4v) is 5.05. The molecule has 148 valence electrons. The number of amides is 1. The molecule has 1 aromatic carbocycles. The molecular formula is C19H26N2O5S. The first-order valence-electron chi connectivity index (χ1n) is 9.48. The van der Waals surface area contributed by atoms with Crippen molar-refractivity contribution in [2.45, 2.75) is 37.0 Å². The first-order chi connectivity index (χ1) is 13.0. The van der Waals surface area contributed by atoms with Crippen molar-refractivity contribution in [2.24, 2.45) is 5.92 Å². The molecule has 1 amide bonds. The first-order valence-corrected chi connectivity index (χ1v) is 10.9. The van der Waals surface area contributed by atoms with Gasteiger partial charge in [0, 0.05) is 26.2 Å². The lowest BCUT2D eigenvalue weighted by Gasteiger charge is -2.30. The highest BCUT2D eigenvalue weighted by Gasteiger charge is 2.33. The van der Waals surface area contributed by atoms with Crippen molar-refractivity contribution in [1.82, 2.24) is 9.21 Å². The van der Waals surface area contributed by atoms with Crippen molar-refractivity contribution in [3.63, 3.8) is 0 Å². The molecule has 1 aromatic rings. The molecule has 7 nitrogen and oxygen atoms in total. The van der Waals surface area contributed by atoms with Crippen molar-refractivity contribution < 1.29 is 22.7 Å². The molecule has 3 rings (SSSR count). The summed E-state index contributed by atoms with van der Waals surface area (Å²) in [5.41, 5.74) is 0. The summed E-state index contributed by atoms with van der Waals surface area (Å²) >= 11 is 0. The molecule has 0 spiro atoms. The molecule has 2 aliphatic heterocycles. The van der Waals surface area contributed by atoms with Crippen molar-refractivity contribution in [2.75, 3.05) is 32.8 Å². The lowest BCUT2D eigenvalue weighted by molar-refractivity contribution is -0.156. The quantitative estimate of drug-likeness (QED) is 0.709. The maximum absolute atomic E-state index is 12.6. The Morgan fingerprint density at radius 3 is 2.22 bits per heavy atom. The largest absolute Gasteiger partial charge is 0.455 e. The van der Waals surface area contributed by atoms with Crippen LogP contribution in [0.1, 0.15) is 32.1 Å². The molecule has 2 aliphatic rings. The predicted octanol–water partition coefficient (Wildman–Crippen LogP) is 1.64. The lowest BCUT2D eigenvalue weighted by atomic mass is 9.98. The Balaban J connectivity index is 1.47. The zero-order valence-electron chi connectivity index (χ0n) is 15.4. The summed E-state index contributed by atoms with van der Waals surface area (Å²) in [6.07, 6.45) is 3.93. The fraction of sp³-hybridized carbons (Fsp3) is 0.579. The second kappa shape index (κ2) is 8.84. The van der Waals surface area contributed by atoms with Gasteiger partial charge in [0.2, 0.25) is 10.0 Å². The number of carbonyl (C=O) groups excluding carboxylic acids is 2. The van der Waals surface area contributed by atoms with Crippen LogP contribution in [-0.2, 0) is 24.3 Å². The number of carbonyl (C=O) groups is 2. The molecule has 0 N–H and O–H groups in total. The van der Waals surface area contributed by atoms with E-state index in [4.69, 9.17) is 4.74 Å². The van der Waals surface area contributed by atoms with Crippen LogP contribution in [0.5, 0.6) is 0 Å². The Hall–Kier alpha value is -1.93. The summed E-state index contributed by atoms with van der Waals surface area (Å²) in [6.45, 7) is 1.79. The summed E-state index contributed by atoms with van der Waals surface area (Å²) in [5, 5.41) is 0. The van der Waals surface area contributed by atoms with Gasteiger partial charge in [-0.15, -0.1) is 0 Å². The Labute approximate surface area is 160 Å². The third kappa shape index (κ3) is 4.87. The normalized spacial score (nSPS) is 19.6. The van der Waals surface area contributed by atoms with Crippen LogP contribution < -0.4 is 0 Å². The van der Waals surface area contributed by atoms with E-state index in [1.54, 1.807) is 35.2 Å². The van der Waals surface area contributed by atoms with Crippen molar-refractivity contribution in [1.29, 1.82) is 0 Å². The number of nitrogens with zero attached hydrogens (tertiary/aromatic N) is 2. The van der Waals surface area contributed by atoms with E-state index in [1.807, 2.05) is 0 Å². The molecule has 0 radical (unpaired) electrons. The monoisotopic (exact) mass is 394 g/mol. The van der Waals surface area contributed by atoms with Crippen LogP contribution >= 0.6 is 0 Å². The van der Waals surface area contributed by atoms with Gasteiger partial charge in [-0.2, -0.15) is 4.31 Å². The second-order valence-electron chi connectivity index (χ2n) is 7.04. The number of benzene rings is 1. The van der Waals surface area contributed by atoms with E-state index in [2.05, 4.69) is 0 Å². The molecule has 0 saturated carbocycles. The van der Waals surface area contributed by atoms with Crippen LogP contribution in [0, 0.1) is 5.92 Å². The molecule has 2 heterocycles. The van der Waals surface area contributed by atoms with Crippen LogP contribution in [-0.4, -0.2) is 62.3 Å². The maximum Gasteiger partial charge on any atom is 0.309 e. The van der Waals surface area contributed by atoms with Gasteiger partial charge >= 0.3 is 5.97 Å². The summed E-state index contributed by atoms with van der Waals surface area (Å²) in [5.74, 6) is -0.911. The van der Waals surface area contributed by atoms with E-state index in [0.717, 1.165) is 32.4 Å². The average Bonchev–Trinajstić information content (AvgIpc) is 2.73. The second-order valence-corrected chi connectivity index (χ2v) is 8.98. The van der Waals surface area contributed by atoms with E-state index in [9.17, 15) is 18.0 Å². The number of esters is 1. The molecule has 0 aliphatic carbocycles. The van der Waals surface area contributed by atoms with Gasteiger partial charge < -0.3 is 9.64 Å². The van der Waals surface area contributed by atoms with Gasteiger partial charge in [0.1, 0.15) is 0 Å². The minimum absolute atomic E-state index is 0.146. The Morgan fingerprint density at radius 2 is 1.59 bits per heavy atom. The third-order valence-electron chi connectivity index (χ3n) is 5.21.